The summed E-state index contributed by atoms with van der Waals surface area (Å²) in [4.78, 5) is 0. The van der Waals surface area contributed by atoms with Gasteiger partial charge < -0.3 is 15.3 Å². The van der Waals surface area contributed by atoms with Gasteiger partial charge in [-0.05, 0) is 12.8 Å². The summed E-state index contributed by atoms with van der Waals surface area (Å²) >= 11 is 0. The highest BCUT2D eigenvalue weighted by atomic mass is 31.1. The topological polar surface area (TPSA) is 77.8 Å². The zero-order chi connectivity index (χ0) is 8.04. The molecule has 3 N–H and O–H groups in total. The molecule has 0 rings (SSSR count). The largest absolute Gasteiger partial charge is 0.344 e. The molecular formula is C5H11O4P. The molecule has 0 aliphatic rings. The molecule has 0 heterocycles. The third-order valence-corrected chi connectivity index (χ3v) is 1.51. The van der Waals surface area contributed by atoms with E-state index in [0.29, 0.717) is 19.0 Å². The van der Waals surface area contributed by atoms with Gasteiger partial charge in [0.05, 0.1) is 0 Å². The summed E-state index contributed by atoms with van der Waals surface area (Å²) in [6, 6.07) is 0. The van der Waals surface area contributed by atoms with Gasteiger partial charge in [-0.3, -0.25) is 4.57 Å². The van der Waals surface area contributed by atoms with Crippen molar-refractivity contribution in [1.82, 2.24) is 0 Å². The Morgan fingerprint density at radius 1 is 1.20 bits per heavy atom. The van der Waals surface area contributed by atoms with E-state index in [0.717, 1.165) is 0 Å². The van der Waals surface area contributed by atoms with Gasteiger partial charge in [-0.15, -0.1) is 0 Å². The fourth-order valence-corrected chi connectivity index (χ4v) is 0.891. The van der Waals surface area contributed by atoms with E-state index in [1.807, 2.05) is 0 Å². The van der Waals surface area contributed by atoms with Crippen LogP contribution in [0.4, 0.5) is 0 Å². The molecule has 0 bridgehead atoms. The summed E-state index contributed by atoms with van der Waals surface area (Å²) in [6.07, 6.45) is 1.48. The molecule has 0 spiro atoms. The number of hydrogen-bond acceptors (Lipinski definition) is 4. The Hall–Kier alpha value is -0.0200. The summed E-state index contributed by atoms with van der Waals surface area (Å²) in [7, 11) is 0.0567. The molecule has 0 aliphatic heterocycles. The van der Waals surface area contributed by atoms with Gasteiger partial charge in [-0.1, -0.05) is 0 Å². The van der Waals surface area contributed by atoms with E-state index in [-0.39, 0.29) is 14.9 Å². The van der Waals surface area contributed by atoms with Crippen molar-refractivity contribution in [3.05, 3.63) is 0 Å². The standard InChI is InChI=1S/C5H11O4P/c6-5(7,8)3-1-2-4-10-9/h6-8H,1-4H2. The van der Waals surface area contributed by atoms with Gasteiger partial charge in [0.15, 0.2) is 8.46 Å². The minimum absolute atomic E-state index is 0.0567. The zero-order valence-corrected chi connectivity index (χ0v) is 6.42. The smallest absolute Gasteiger partial charge is 0.275 e. The van der Waals surface area contributed by atoms with Crippen LogP contribution in [0.25, 0.3) is 0 Å². The second-order valence-electron chi connectivity index (χ2n) is 2.08. The van der Waals surface area contributed by atoms with Crippen LogP contribution in [0.1, 0.15) is 19.3 Å². The van der Waals surface area contributed by atoms with Crippen LogP contribution in [0.15, 0.2) is 0 Å². The van der Waals surface area contributed by atoms with Crippen molar-refractivity contribution in [2.45, 2.75) is 25.2 Å². The number of unbranched alkanes of at least 4 members (excludes halogenated alkanes) is 1. The Morgan fingerprint density at radius 2 is 1.80 bits per heavy atom. The van der Waals surface area contributed by atoms with E-state index in [1.54, 1.807) is 0 Å². The predicted molar refractivity (Wildman–Crippen MR) is 35.7 cm³/mol. The minimum Gasteiger partial charge on any atom is -0.344 e. The summed E-state index contributed by atoms with van der Waals surface area (Å²) in [5.74, 6) is -2.56. The maximum Gasteiger partial charge on any atom is 0.275 e. The average molecular weight is 166 g/mol. The van der Waals surface area contributed by atoms with Crippen molar-refractivity contribution in [3.63, 3.8) is 0 Å². The quantitative estimate of drug-likeness (QED) is 0.307. The normalized spacial score (nSPS) is 12.3. The van der Waals surface area contributed by atoms with Gasteiger partial charge in [-0.2, -0.15) is 0 Å². The molecule has 0 atom stereocenters. The Labute approximate surface area is 60.7 Å². The Balaban J connectivity index is 3.12. The molecule has 0 saturated heterocycles. The van der Waals surface area contributed by atoms with Gasteiger partial charge in [0.2, 0.25) is 0 Å². The average Bonchev–Trinajstić information content (AvgIpc) is 1.78. The molecule has 0 saturated carbocycles. The van der Waals surface area contributed by atoms with Gasteiger partial charge in [0.25, 0.3) is 5.97 Å². The third kappa shape index (κ3) is 7.98. The minimum atomic E-state index is -2.56. The first-order chi connectivity index (χ1) is 4.56. The highest BCUT2D eigenvalue weighted by Crippen LogP contribution is 2.08. The monoisotopic (exact) mass is 166 g/mol. The molecule has 0 aliphatic carbocycles. The molecule has 5 heteroatoms. The van der Waals surface area contributed by atoms with Crippen LogP contribution in [0.5, 0.6) is 0 Å². The maximum atomic E-state index is 9.84. The third-order valence-electron chi connectivity index (χ3n) is 1.01. The van der Waals surface area contributed by atoms with E-state index >= 15 is 0 Å². The maximum absolute atomic E-state index is 9.84. The van der Waals surface area contributed by atoms with Crippen LogP contribution in [-0.2, 0) is 4.57 Å². The molecule has 0 aromatic rings. The second-order valence-corrected chi connectivity index (χ2v) is 2.79. The van der Waals surface area contributed by atoms with Crippen molar-refractivity contribution in [2.24, 2.45) is 0 Å². The van der Waals surface area contributed by atoms with Crippen molar-refractivity contribution >= 4 is 8.46 Å². The van der Waals surface area contributed by atoms with E-state index in [9.17, 15) is 4.57 Å². The van der Waals surface area contributed by atoms with E-state index in [2.05, 4.69) is 0 Å². The lowest BCUT2D eigenvalue weighted by molar-refractivity contribution is -0.314. The Bertz CT molecular complexity index is 98.3. The van der Waals surface area contributed by atoms with Gasteiger partial charge >= 0.3 is 0 Å². The molecule has 0 radical (unpaired) electrons. The van der Waals surface area contributed by atoms with Crippen molar-refractivity contribution in [3.8, 4) is 0 Å². The Kier molecular flexibility index (Phi) is 4.73. The number of hydrogen-bond donors (Lipinski definition) is 3. The number of rotatable bonds is 5. The molecule has 0 aromatic heterocycles. The van der Waals surface area contributed by atoms with Crippen LogP contribution < -0.4 is 0 Å². The highest BCUT2D eigenvalue weighted by Gasteiger charge is 2.16. The van der Waals surface area contributed by atoms with Crippen LogP contribution >= 0.6 is 8.46 Å². The molecule has 0 fully saturated rings. The summed E-state index contributed by atoms with van der Waals surface area (Å²) < 4.78 is 9.84. The zero-order valence-electron chi connectivity index (χ0n) is 5.53. The Morgan fingerprint density at radius 3 is 2.20 bits per heavy atom. The van der Waals surface area contributed by atoms with Crippen LogP contribution in [-0.4, -0.2) is 27.5 Å². The fourth-order valence-electron chi connectivity index (χ4n) is 0.539. The summed E-state index contributed by atoms with van der Waals surface area (Å²) in [5.41, 5.74) is 0. The molecule has 0 amide bonds. The van der Waals surface area contributed by atoms with Crippen molar-refractivity contribution < 1.29 is 19.9 Å². The lowest BCUT2D eigenvalue weighted by Gasteiger charge is -2.12. The van der Waals surface area contributed by atoms with E-state index in [1.165, 1.54) is 0 Å². The first-order valence-corrected chi connectivity index (χ1v) is 4.02. The molecule has 4 nitrogen and oxygen atoms in total. The van der Waals surface area contributed by atoms with Gasteiger partial charge in [0.1, 0.15) is 0 Å². The molecule has 0 unspecified atom stereocenters. The van der Waals surface area contributed by atoms with Gasteiger partial charge in [0, 0.05) is 12.6 Å². The summed E-state index contributed by atoms with van der Waals surface area (Å²) in [5, 5.41) is 25.0. The molecule has 60 valence electrons. The van der Waals surface area contributed by atoms with Crippen molar-refractivity contribution in [2.75, 3.05) is 6.16 Å². The first-order valence-electron chi connectivity index (χ1n) is 3.02. The van der Waals surface area contributed by atoms with E-state index in [4.69, 9.17) is 15.3 Å². The lowest BCUT2D eigenvalue weighted by atomic mass is 10.2. The predicted octanol–water partition coefficient (Wildman–Crippen LogP) is 0.0791. The van der Waals surface area contributed by atoms with E-state index < -0.39 is 5.97 Å². The SMILES string of the molecule is O=PCCCCC(O)(O)O. The highest BCUT2D eigenvalue weighted by molar-refractivity contribution is 7.23. The molecule has 0 aromatic carbocycles. The lowest BCUT2D eigenvalue weighted by Crippen LogP contribution is -2.26. The number of aliphatic hydroxyl groups is 3. The van der Waals surface area contributed by atoms with Crippen LogP contribution in [0, 0.1) is 0 Å². The first kappa shape index (κ1) is 9.98. The van der Waals surface area contributed by atoms with Crippen molar-refractivity contribution in [1.29, 1.82) is 0 Å². The summed E-state index contributed by atoms with van der Waals surface area (Å²) in [6.45, 7) is 0. The van der Waals surface area contributed by atoms with Gasteiger partial charge in [-0.25, -0.2) is 0 Å². The second kappa shape index (κ2) is 4.74. The van der Waals surface area contributed by atoms with Crippen LogP contribution in [0.2, 0.25) is 0 Å². The molecular weight excluding hydrogens is 155 g/mol. The molecule has 10 heavy (non-hydrogen) atoms. The fraction of sp³-hybridized carbons (Fsp3) is 1.00. The van der Waals surface area contributed by atoms with Crippen LogP contribution in [0.3, 0.4) is 0 Å².